The van der Waals surface area contributed by atoms with E-state index in [0.717, 1.165) is 6.20 Å². The molecular formula is C18H13ClF3N5O3. The summed E-state index contributed by atoms with van der Waals surface area (Å²) in [4.78, 5) is 23.0. The largest absolute Gasteiger partial charge is 0.437 e. The minimum Gasteiger partial charge on any atom is -0.406 e. The third-order valence-corrected chi connectivity index (χ3v) is 3.91. The van der Waals surface area contributed by atoms with Crippen LogP contribution in [0.2, 0.25) is 5.02 Å². The maximum atomic E-state index is 13.6. The highest BCUT2D eigenvalue weighted by atomic mass is 35.5. The molecule has 1 aromatic heterocycles. The van der Waals surface area contributed by atoms with E-state index in [1.807, 2.05) is 0 Å². The van der Waals surface area contributed by atoms with Gasteiger partial charge in [0.2, 0.25) is 0 Å². The maximum Gasteiger partial charge on any atom is 0.437 e. The van der Waals surface area contributed by atoms with E-state index in [1.165, 1.54) is 48.5 Å². The van der Waals surface area contributed by atoms with Crippen LogP contribution < -0.4 is 21.1 Å². The van der Waals surface area contributed by atoms with Crippen molar-refractivity contribution in [2.45, 2.75) is 6.18 Å². The molecule has 0 atom stereocenters. The van der Waals surface area contributed by atoms with E-state index < -0.39 is 29.7 Å². The van der Waals surface area contributed by atoms with Crippen LogP contribution in [0.3, 0.4) is 0 Å². The normalized spacial score (nSPS) is 11.1. The lowest BCUT2D eigenvalue weighted by molar-refractivity contribution is -0.143. The third kappa shape index (κ3) is 5.00. The number of ether oxygens (including phenoxy) is 1. The molecule has 0 saturated carbocycles. The summed E-state index contributed by atoms with van der Waals surface area (Å²) in [6, 6.07) is 10.4. The van der Waals surface area contributed by atoms with Crippen LogP contribution >= 0.6 is 11.6 Å². The lowest BCUT2D eigenvalue weighted by atomic mass is 10.3. The maximum absolute atomic E-state index is 13.6. The highest BCUT2D eigenvalue weighted by Crippen LogP contribution is 2.37. The molecule has 3 aromatic rings. The standard InChI is InChI=1S/C18H13ClF3N5O3/c19-10-4-6-13(7-5-10)27-15(18(20,21)22)14(9-24-27)30-17(29)26-12-3-1-2-11(8-12)25-16(23)28/h1-9H,(H,26,29)(H3,23,25,28). The molecule has 0 fully saturated rings. The van der Waals surface area contributed by atoms with Crippen molar-refractivity contribution in [1.29, 1.82) is 0 Å². The Morgan fingerprint density at radius 1 is 1.07 bits per heavy atom. The van der Waals surface area contributed by atoms with Crippen LogP contribution in [-0.2, 0) is 6.18 Å². The molecule has 3 rings (SSSR count). The number of anilines is 2. The SMILES string of the molecule is NC(=O)Nc1cccc(NC(=O)Oc2cnn(-c3ccc(Cl)cc3)c2C(F)(F)F)c1. The smallest absolute Gasteiger partial charge is 0.406 e. The van der Waals surface area contributed by atoms with E-state index in [1.54, 1.807) is 0 Å². The minimum absolute atomic E-state index is 0.0761. The van der Waals surface area contributed by atoms with Crippen LogP contribution in [0.25, 0.3) is 5.69 Å². The number of nitrogens with zero attached hydrogens (tertiary/aromatic N) is 2. The van der Waals surface area contributed by atoms with Crippen LogP contribution in [0.15, 0.2) is 54.7 Å². The Balaban J connectivity index is 1.83. The molecule has 3 amide bonds. The lowest BCUT2D eigenvalue weighted by Gasteiger charge is -2.13. The first-order valence-corrected chi connectivity index (χ1v) is 8.58. The summed E-state index contributed by atoms with van der Waals surface area (Å²) in [6.45, 7) is 0. The molecule has 0 aliphatic heterocycles. The lowest BCUT2D eigenvalue weighted by Crippen LogP contribution is -2.21. The zero-order chi connectivity index (χ0) is 21.9. The van der Waals surface area contributed by atoms with Crippen molar-refractivity contribution >= 4 is 35.1 Å². The fraction of sp³-hybridized carbons (Fsp3) is 0.0556. The molecule has 0 saturated heterocycles. The number of halogens is 4. The number of rotatable bonds is 4. The molecule has 0 unspecified atom stereocenters. The van der Waals surface area contributed by atoms with Crippen LogP contribution in [0, 0.1) is 0 Å². The molecule has 1 heterocycles. The quantitative estimate of drug-likeness (QED) is 0.549. The van der Waals surface area contributed by atoms with Gasteiger partial charge in [0.1, 0.15) is 0 Å². The summed E-state index contributed by atoms with van der Waals surface area (Å²) in [7, 11) is 0. The van der Waals surface area contributed by atoms with Crippen molar-refractivity contribution in [3.05, 3.63) is 65.4 Å². The summed E-state index contributed by atoms with van der Waals surface area (Å²) >= 11 is 5.76. The van der Waals surface area contributed by atoms with Crippen molar-refractivity contribution < 1.29 is 27.5 Å². The molecule has 30 heavy (non-hydrogen) atoms. The van der Waals surface area contributed by atoms with Crippen LogP contribution in [-0.4, -0.2) is 21.9 Å². The van der Waals surface area contributed by atoms with Gasteiger partial charge in [-0.3, -0.25) is 5.32 Å². The van der Waals surface area contributed by atoms with Gasteiger partial charge in [0.05, 0.1) is 11.9 Å². The van der Waals surface area contributed by atoms with Gasteiger partial charge >= 0.3 is 18.3 Å². The van der Waals surface area contributed by atoms with Crippen molar-refractivity contribution in [1.82, 2.24) is 9.78 Å². The first-order valence-electron chi connectivity index (χ1n) is 8.20. The van der Waals surface area contributed by atoms with E-state index in [9.17, 15) is 22.8 Å². The van der Waals surface area contributed by atoms with E-state index in [-0.39, 0.29) is 17.1 Å². The van der Waals surface area contributed by atoms with E-state index in [4.69, 9.17) is 22.1 Å². The predicted octanol–water partition coefficient (Wildman–Crippen LogP) is 4.65. The first kappa shape index (κ1) is 21.0. The van der Waals surface area contributed by atoms with Gasteiger partial charge in [-0.15, -0.1) is 0 Å². The molecule has 4 N–H and O–H groups in total. The van der Waals surface area contributed by atoms with Gasteiger partial charge in [0, 0.05) is 16.4 Å². The van der Waals surface area contributed by atoms with E-state index in [2.05, 4.69) is 15.7 Å². The number of benzene rings is 2. The Morgan fingerprint density at radius 3 is 2.30 bits per heavy atom. The zero-order valence-corrected chi connectivity index (χ0v) is 15.7. The molecule has 0 radical (unpaired) electrons. The number of amides is 3. The summed E-state index contributed by atoms with van der Waals surface area (Å²) in [5.74, 6) is -0.790. The van der Waals surface area contributed by atoms with Crippen LogP contribution in [0.5, 0.6) is 5.75 Å². The number of nitrogens with one attached hydrogen (secondary N) is 2. The Bertz CT molecular complexity index is 1080. The van der Waals surface area contributed by atoms with Crippen molar-refractivity contribution in [3.8, 4) is 11.4 Å². The van der Waals surface area contributed by atoms with Gasteiger partial charge in [-0.25, -0.2) is 14.3 Å². The van der Waals surface area contributed by atoms with Crippen molar-refractivity contribution in [2.75, 3.05) is 10.6 Å². The van der Waals surface area contributed by atoms with Gasteiger partial charge in [0.15, 0.2) is 11.4 Å². The summed E-state index contributed by atoms with van der Waals surface area (Å²) in [5, 5.41) is 8.57. The molecular weight excluding hydrogens is 427 g/mol. The summed E-state index contributed by atoms with van der Waals surface area (Å²) in [6.07, 6.45) is -5.27. The number of primary amides is 1. The second-order valence-electron chi connectivity index (χ2n) is 5.83. The zero-order valence-electron chi connectivity index (χ0n) is 14.9. The Kier molecular flexibility index (Phi) is 5.83. The molecule has 156 valence electrons. The van der Waals surface area contributed by atoms with E-state index >= 15 is 0 Å². The van der Waals surface area contributed by atoms with E-state index in [0.29, 0.717) is 9.70 Å². The average Bonchev–Trinajstić information content (AvgIpc) is 3.05. The Labute approximate surface area is 172 Å². The number of alkyl halides is 3. The summed E-state index contributed by atoms with van der Waals surface area (Å²) < 4.78 is 46.2. The number of nitrogens with two attached hydrogens (primary N) is 1. The molecule has 8 nitrogen and oxygen atoms in total. The Hall–Kier alpha value is -3.73. The average molecular weight is 440 g/mol. The number of carbonyl (C=O) groups excluding carboxylic acids is 2. The molecule has 0 bridgehead atoms. The second-order valence-corrected chi connectivity index (χ2v) is 6.26. The minimum atomic E-state index is -4.86. The number of carbonyl (C=O) groups is 2. The summed E-state index contributed by atoms with van der Waals surface area (Å²) in [5.41, 5.74) is 4.24. The van der Waals surface area contributed by atoms with Gasteiger partial charge < -0.3 is 15.8 Å². The monoisotopic (exact) mass is 439 g/mol. The second kappa shape index (κ2) is 8.33. The van der Waals surface area contributed by atoms with Crippen molar-refractivity contribution in [2.24, 2.45) is 5.73 Å². The van der Waals surface area contributed by atoms with Gasteiger partial charge in [0.25, 0.3) is 0 Å². The van der Waals surface area contributed by atoms with Crippen LogP contribution in [0.1, 0.15) is 5.69 Å². The Morgan fingerprint density at radius 2 is 1.70 bits per heavy atom. The number of urea groups is 1. The van der Waals surface area contributed by atoms with Gasteiger partial charge in [-0.1, -0.05) is 17.7 Å². The highest BCUT2D eigenvalue weighted by Gasteiger charge is 2.40. The van der Waals surface area contributed by atoms with Gasteiger partial charge in [-0.2, -0.15) is 18.3 Å². The molecule has 12 heteroatoms. The molecule has 0 aliphatic carbocycles. The van der Waals surface area contributed by atoms with Crippen molar-refractivity contribution in [3.63, 3.8) is 0 Å². The topological polar surface area (TPSA) is 111 Å². The molecule has 0 aliphatic rings. The molecule has 0 spiro atoms. The first-order chi connectivity index (χ1) is 14.1. The third-order valence-electron chi connectivity index (χ3n) is 3.65. The molecule has 2 aromatic carbocycles. The highest BCUT2D eigenvalue weighted by molar-refractivity contribution is 6.30. The number of aromatic nitrogens is 2. The van der Waals surface area contributed by atoms with Crippen LogP contribution in [0.4, 0.5) is 34.1 Å². The van der Waals surface area contributed by atoms with Gasteiger partial charge in [-0.05, 0) is 42.5 Å². The number of hydrogen-bond acceptors (Lipinski definition) is 4. The fourth-order valence-corrected chi connectivity index (χ4v) is 2.63. The number of hydrogen-bond donors (Lipinski definition) is 3. The predicted molar refractivity (Wildman–Crippen MR) is 103 cm³/mol. The fourth-order valence-electron chi connectivity index (χ4n) is 2.51.